The number of pyridine rings is 1. The number of carbonyl (C=O) groups excluding carboxylic acids is 1. The SMILES string of the molecule is Cc1ccccc1[C@H](C)NC(=O)NCc1cccnc1N1CCOCC1. The number of aromatic nitrogens is 1. The Labute approximate surface area is 154 Å². The van der Waals surface area contributed by atoms with Crippen LogP contribution in [-0.4, -0.2) is 37.3 Å². The van der Waals surface area contributed by atoms with Crippen molar-refractivity contribution in [1.82, 2.24) is 15.6 Å². The van der Waals surface area contributed by atoms with Crippen LogP contribution >= 0.6 is 0 Å². The lowest BCUT2D eigenvalue weighted by Gasteiger charge is -2.29. The monoisotopic (exact) mass is 354 g/mol. The van der Waals surface area contributed by atoms with Crippen LogP contribution in [0.5, 0.6) is 0 Å². The van der Waals surface area contributed by atoms with E-state index in [1.165, 1.54) is 5.56 Å². The van der Waals surface area contributed by atoms with Crippen molar-refractivity contribution in [1.29, 1.82) is 0 Å². The van der Waals surface area contributed by atoms with E-state index in [1.807, 2.05) is 37.3 Å². The van der Waals surface area contributed by atoms with E-state index in [-0.39, 0.29) is 12.1 Å². The second-order valence-electron chi connectivity index (χ2n) is 6.49. The second-order valence-corrected chi connectivity index (χ2v) is 6.49. The molecule has 0 aliphatic carbocycles. The highest BCUT2D eigenvalue weighted by Crippen LogP contribution is 2.19. The van der Waals surface area contributed by atoms with Gasteiger partial charge in [0.25, 0.3) is 0 Å². The Morgan fingerprint density at radius 1 is 1.23 bits per heavy atom. The molecule has 0 bridgehead atoms. The first-order valence-electron chi connectivity index (χ1n) is 9.01. The molecule has 26 heavy (non-hydrogen) atoms. The van der Waals surface area contributed by atoms with Crippen molar-refractivity contribution in [2.24, 2.45) is 0 Å². The van der Waals surface area contributed by atoms with Gasteiger partial charge in [0.2, 0.25) is 0 Å². The summed E-state index contributed by atoms with van der Waals surface area (Å²) < 4.78 is 5.41. The normalized spacial score (nSPS) is 15.4. The predicted octanol–water partition coefficient (Wildman–Crippen LogP) is 2.79. The van der Waals surface area contributed by atoms with Crippen LogP contribution in [0.2, 0.25) is 0 Å². The molecular formula is C20H26N4O2. The van der Waals surface area contributed by atoms with Gasteiger partial charge in [-0.3, -0.25) is 0 Å². The van der Waals surface area contributed by atoms with Gasteiger partial charge < -0.3 is 20.3 Å². The fourth-order valence-corrected chi connectivity index (χ4v) is 3.20. The number of morpholine rings is 1. The zero-order chi connectivity index (χ0) is 18.4. The van der Waals surface area contributed by atoms with E-state index in [0.29, 0.717) is 19.8 Å². The summed E-state index contributed by atoms with van der Waals surface area (Å²) in [6.07, 6.45) is 1.79. The Morgan fingerprint density at radius 2 is 2.00 bits per heavy atom. The molecule has 0 radical (unpaired) electrons. The van der Waals surface area contributed by atoms with Gasteiger partial charge >= 0.3 is 6.03 Å². The molecule has 2 heterocycles. The lowest BCUT2D eigenvalue weighted by Crippen LogP contribution is -2.39. The molecule has 138 valence electrons. The Hall–Kier alpha value is -2.60. The number of nitrogens with zero attached hydrogens (tertiary/aromatic N) is 2. The van der Waals surface area contributed by atoms with Crippen molar-refractivity contribution in [3.63, 3.8) is 0 Å². The summed E-state index contributed by atoms with van der Waals surface area (Å²) in [6.45, 7) is 7.53. The molecule has 0 spiro atoms. The number of amides is 2. The number of benzene rings is 1. The Morgan fingerprint density at radius 3 is 2.77 bits per heavy atom. The molecule has 6 heteroatoms. The number of anilines is 1. The van der Waals surface area contributed by atoms with Crippen molar-refractivity contribution in [2.45, 2.75) is 26.4 Å². The van der Waals surface area contributed by atoms with E-state index in [1.54, 1.807) is 6.20 Å². The lowest BCUT2D eigenvalue weighted by atomic mass is 10.0. The van der Waals surface area contributed by atoms with Gasteiger partial charge in [0.1, 0.15) is 5.82 Å². The summed E-state index contributed by atoms with van der Waals surface area (Å²) >= 11 is 0. The third kappa shape index (κ3) is 4.52. The summed E-state index contributed by atoms with van der Waals surface area (Å²) in [5.41, 5.74) is 3.30. The van der Waals surface area contributed by atoms with Crippen molar-refractivity contribution >= 4 is 11.8 Å². The summed E-state index contributed by atoms with van der Waals surface area (Å²) in [4.78, 5) is 19.0. The van der Waals surface area contributed by atoms with E-state index >= 15 is 0 Å². The molecule has 2 N–H and O–H groups in total. The minimum atomic E-state index is -0.183. The van der Waals surface area contributed by atoms with Gasteiger partial charge in [0.05, 0.1) is 19.3 Å². The van der Waals surface area contributed by atoms with E-state index in [9.17, 15) is 4.79 Å². The Balaban J connectivity index is 1.59. The van der Waals surface area contributed by atoms with Crippen LogP contribution in [0.25, 0.3) is 0 Å². The molecule has 2 amide bonds. The number of nitrogens with one attached hydrogen (secondary N) is 2. The summed E-state index contributed by atoms with van der Waals surface area (Å²) in [5, 5.41) is 5.95. The Bertz CT molecular complexity index is 744. The highest BCUT2D eigenvalue weighted by Gasteiger charge is 2.16. The van der Waals surface area contributed by atoms with Crippen molar-refractivity contribution < 1.29 is 9.53 Å². The number of hydrogen-bond acceptors (Lipinski definition) is 4. The van der Waals surface area contributed by atoms with Crippen LogP contribution in [0.15, 0.2) is 42.6 Å². The molecule has 6 nitrogen and oxygen atoms in total. The molecule has 1 saturated heterocycles. The van der Waals surface area contributed by atoms with Crippen LogP contribution in [0.4, 0.5) is 10.6 Å². The fourth-order valence-electron chi connectivity index (χ4n) is 3.20. The Kier molecular flexibility index (Phi) is 6.07. The largest absolute Gasteiger partial charge is 0.378 e. The lowest BCUT2D eigenvalue weighted by molar-refractivity contribution is 0.122. The third-order valence-corrected chi connectivity index (χ3v) is 4.62. The van der Waals surface area contributed by atoms with Gasteiger partial charge in [-0.15, -0.1) is 0 Å². The van der Waals surface area contributed by atoms with E-state index in [2.05, 4.69) is 33.5 Å². The average molecular weight is 354 g/mol. The first-order valence-corrected chi connectivity index (χ1v) is 9.01. The summed E-state index contributed by atoms with van der Waals surface area (Å²) in [6, 6.07) is 11.7. The molecule has 2 aromatic rings. The van der Waals surface area contributed by atoms with E-state index in [0.717, 1.165) is 30.0 Å². The predicted molar refractivity (Wildman–Crippen MR) is 102 cm³/mol. The van der Waals surface area contributed by atoms with Crippen LogP contribution in [0, 0.1) is 6.92 Å². The number of ether oxygens (including phenoxy) is 1. The summed E-state index contributed by atoms with van der Waals surface area (Å²) in [5.74, 6) is 0.919. The molecule has 1 aliphatic heterocycles. The number of hydrogen-bond donors (Lipinski definition) is 2. The highest BCUT2D eigenvalue weighted by atomic mass is 16.5. The zero-order valence-corrected chi connectivity index (χ0v) is 15.4. The van der Waals surface area contributed by atoms with Crippen LogP contribution < -0.4 is 15.5 Å². The minimum absolute atomic E-state index is 0.0520. The van der Waals surface area contributed by atoms with Gasteiger partial charge in [-0.05, 0) is 31.0 Å². The van der Waals surface area contributed by atoms with Crippen LogP contribution in [-0.2, 0) is 11.3 Å². The fraction of sp³-hybridized carbons (Fsp3) is 0.400. The second kappa shape index (κ2) is 8.67. The van der Waals surface area contributed by atoms with E-state index < -0.39 is 0 Å². The molecule has 0 saturated carbocycles. The first kappa shape index (κ1) is 18.2. The molecule has 1 aromatic carbocycles. The van der Waals surface area contributed by atoms with Crippen LogP contribution in [0.1, 0.15) is 29.7 Å². The van der Waals surface area contributed by atoms with Gasteiger partial charge in [0, 0.05) is 31.4 Å². The van der Waals surface area contributed by atoms with E-state index in [4.69, 9.17) is 4.74 Å². The van der Waals surface area contributed by atoms with Crippen molar-refractivity contribution in [3.8, 4) is 0 Å². The molecule has 1 fully saturated rings. The van der Waals surface area contributed by atoms with Gasteiger partial charge in [0.15, 0.2) is 0 Å². The average Bonchev–Trinajstić information content (AvgIpc) is 2.67. The maximum Gasteiger partial charge on any atom is 0.315 e. The standard InChI is InChI=1S/C20H26N4O2/c1-15-6-3-4-8-18(15)16(2)23-20(25)22-14-17-7-5-9-21-19(17)24-10-12-26-13-11-24/h3-9,16H,10-14H2,1-2H3,(H2,22,23,25)/t16-/m0/s1. The summed E-state index contributed by atoms with van der Waals surface area (Å²) in [7, 11) is 0. The number of rotatable bonds is 5. The number of urea groups is 1. The first-order chi connectivity index (χ1) is 12.6. The molecular weight excluding hydrogens is 328 g/mol. The molecule has 1 atom stereocenters. The minimum Gasteiger partial charge on any atom is -0.378 e. The zero-order valence-electron chi connectivity index (χ0n) is 15.4. The van der Waals surface area contributed by atoms with Gasteiger partial charge in [-0.25, -0.2) is 9.78 Å². The molecule has 0 unspecified atom stereocenters. The van der Waals surface area contributed by atoms with Crippen LogP contribution in [0.3, 0.4) is 0 Å². The van der Waals surface area contributed by atoms with Crippen molar-refractivity contribution in [3.05, 3.63) is 59.3 Å². The topological polar surface area (TPSA) is 66.5 Å². The smallest absolute Gasteiger partial charge is 0.315 e. The third-order valence-electron chi connectivity index (χ3n) is 4.62. The number of carbonyl (C=O) groups is 1. The maximum absolute atomic E-state index is 12.3. The maximum atomic E-state index is 12.3. The molecule has 1 aromatic heterocycles. The number of aryl methyl sites for hydroxylation is 1. The highest BCUT2D eigenvalue weighted by molar-refractivity contribution is 5.74. The molecule has 1 aliphatic rings. The molecule has 3 rings (SSSR count). The van der Waals surface area contributed by atoms with Crippen molar-refractivity contribution in [2.75, 3.05) is 31.2 Å². The quantitative estimate of drug-likeness (QED) is 0.866. The van der Waals surface area contributed by atoms with Gasteiger partial charge in [-0.2, -0.15) is 0 Å². The van der Waals surface area contributed by atoms with Gasteiger partial charge in [-0.1, -0.05) is 30.3 Å².